The highest BCUT2D eigenvalue weighted by atomic mass is 16.6. The molecule has 0 aromatic carbocycles. The summed E-state index contributed by atoms with van der Waals surface area (Å²) in [6, 6.07) is -0.247. The molecule has 0 bridgehead atoms. The van der Waals surface area contributed by atoms with Gasteiger partial charge in [0.2, 0.25) is 5.91 Å². The van der Waals surface area contributed by atoms with Gasteiger partial charge in [0.1, 0.15) is 17.8 Å². The summed E-state index contributed by atoms with van der Waals surface area (Å²) in [4.78, 5) is 26.5. The van der Waals surface area contributed by atoms with Gasteiger partial charge < -0.3 is 24.2 Å². The van der Waals surface area contributed by atoms with Gasteiger partial charge in [-0.15, -0.1) is 0 Å². The molecule has 1 N–H and O–H groups in total. The fourth-order valence-electron chi connectivity index (χ4n) is 5.84. The molecule has 7 nitrogen and oxygen atoms in total. The normalized spacial score (nSPS) is 40.8. The lowest BCUT2D eigenvalue weighted by Gasteiger charge is -2.39. The van der Waals surface area contributed by atoms with Crippen LogP contribution in [0.4, 0.5) is 0 Å². The van der Waals surface area contributed by atoms with Crippen molar-refractivity contribution in [3.05, 3.63) is 23.8 Å². The lowest BCUT2D eigenvalue weighted by atomic mass is 9.80. The average Bonchev–Trinajstić information content (AvgIpc) is 3.38. The number of hydrogen-bond acceptors (Lipinski definition) is 6. The van der Waals surface area contributed by atoms with Crippen LogP contribution < -0.4 is 0 Å². The smallest absolute Gasteiger partial charge is 0.220 e. The number of carbonyl (C=O) groups excluding carboxylic acids is 2. The largest absolute Gasteiger partial charge is 0.387 e. The molecule has 4 aliphatic heterocycles. The van der Waals surface area contributed by atoms with Crippen molar-refractivity contribution in [3.63, 3.8) is 0 Å². The van der Waals surface area contributed by atoms with Crippen LogP contribution in [0.15, 0.2) is 23.8 Å². The summed E-state index contributed by atoms with van der Waals surface area (Å²) in [6.07, 6.45) is 10.0. The van der Waals surface area contributed by atoms with Gasteiger partial charge in [0.05, 0.1) is 31.5 Å². The van der Waals surface area contributed by atoms with Crippen LogP contribution in [-0.2, 0) is 23.8 Å². The molecule has 1 amide bonds. The number of aliphatic hydroxyl groups is 1. The number of nitrogens with zero attached hydrogens (tertiary/aromatic N) is 1. The van der Waals surface area contributed by atoms with Gasteiger partial charge in [0, 0.05) is 26.3 Å². The van der Waals surface area contributed by atoms with E-state index in [0.29, 0.717) is 32.1 Å². The van der Waals surface area contributed by atoms with Gasteiger partial charge in [-0.1, -0.05) is 30.7 Å². The van der Waals surface area contributed by atoms with Crippen LogP contribution in [0.2, 0.25) is 0 Å². The summed E-state index contributed by atoms with van der Waals surface area (Å²) in [5, 5.41) is 10.5. The zero-order chi connectivity index (χ0) is 24.5. The van der Waals surface area contributed by atoms with E-state index in [2.05, 4.69) is 26.8 Å². The number of amides is 1. The van der Waals surface area contributed by atoms with Crippen LogP contribution in [0.3, 0.4) is 0 Å². The monoisotopic (exact) mass is 475 g/mol. The molecular formula is C27H41NO6. The van der Waals surface area contributed by atoms with Crippen LogP contribution in [0.1, 0.15) is 66.2 Å². The Labute approximate surface area is 203 Å². The topological polar surface area (TPSA) is 88.6 Å². The zero-order valence-electron chi connectivity index (χ0n) is 21.1. The van der Waals surface area contributed by atoms with Crippen molar-refractivity contribution < 1.29 is 28.9 Å². The Bertz CT molecular complexity index is 818. The van der Waals surface area contributed by atoms with Crippen LogP contribution in [-0.4, -0.2) is 77.5 Å². The average molecular weight is 476 g/mol. The maximum absolute atomic E-state index is 12.9. The Morgan fingerprint density at radius 1 is 1.24 bits per heavy atom. The van der Waals surface area contributed by atoms with Crippen molar-refractivity contribution >= 4 is 11.7 Å². The van der Waals surface area contributed by atoms with Crippen molar-refractivity contribution in [1.29, 1.82) is 0 Å². The number of hydrogen-bond donors (Lipinski definition) is 1. The third-order valence-corrected chi connectivity index (χ3v) is 8.28. The minimum Gasteiger partial charge on any atom is -0.387 e. The van der Waals surface area contributed by atoms with Crippen LogP contribution in [0, 0.1) is 11.8 Å². The molecule has 0 saturated carbocycles. The van der Waals surface area contributed by atoms with Gasteiger partial charge in [-0.2, -0.15) is 0 Å². The molecule has 8 atom stereocenters. The minimum atomic E-state index is -0.612. The molecular weight excluding hydrogens is 434 g/mol. The van der Waals surface area contributed by atoms with E-state index in [4.69, 9.17) is 14.2 Å². The Morgan fingerprint density at radius 3 is 2.71 bits per heavy atom. The first-order valence-corrected chi connectivity index (χ1v) is 12.9. The SMILES string of the molecule is CC(=O)N1CCCC1C(=O)C[C@@H]1C[C@H](C)[C@H](C/C=C(C)/C=C/C2OCC[C@@]3(CO3)[C@@H]2O)O[C@@H]1C. The molecule has 7 heteroatoms. The number of epoxide rings is 1. The number of ketones is 1. The summed E-state index contributed by atoms with van der Waals surface area (Å²) >= 11 is 0. The molecule has 0 radical (unpaired) electrons. The van der Waals surface area contributed by atoms with E-state index in [-0.39, 0.29) is 47.6 Å². The predicted molar refractivity (Wildman–Crippen MR) is 128 cm³/mol. The highest BCUT2D eigenvalue weighted by Gasteiger charge is 2.55. The van der Waals surface area contributed by atoms with E-state index in [9.17, 15) is 14.7 Å². The molecule has 4 heterocycles. The second kappa shape index (κ2) is 10.6. The van der Waals surface area contributed by atoms with E-state index < -0.39 is 6.10 Å². The van der Waals surface area contributed by atoms with E-state index in [1.54, 1.807) is 11.8 Å². The fraction of sp³-hybridized carbons (Fsp3) is 0.778. The van der Waals surface area contributed by atoms with Gasteiger partial charge in [-0.25, -0.2) is 0 Å². The third kappa shape index (κ3) is 5.64. The van der Waals surface area contributed by atoms with Crippen molar-refractivity contribution in [3.8, 4) is 0 Å². The lowest BCUT2D eigenvalue weighted by molar-refractivity contribution is -0.139. The van der Waals surface area contributed by atoms with Crippen LogP contribution in [0.5, 0.6) is 0 Å². The first-order valence-electron chi connectivity index (χ1n) is 12.9. The second-order valence-electron chi connectivity index (χ2n) is 10.8. The van der Waals surface area contributed by atoms with Crippen molar-refractivity contribution in [2.75, 3.05) is 19.8 Å². The van der Waals surface area contributed by atoms with Gasteiger partial charge in [-0.3, -0.25) is 9.59 Å². The predicted octanol–water partition coefficient (Wildman–Crippen LogP) is 3.20. The molecule has 4 saturated heterocycles. The summed E-state index contributed by atoms with van der Waals surface area (Å²) in [5.74, 6) is 0.730. The molecule has 190 valence electrons. The highest BCUT2D eigenvalue weighted by Crippen LogP contribution is 2.40. The molecule has 4 fully saturated rings. The van der Waals surface area contributed by atoms with Crippen molar-refractivity contribution in [2.45, 2.75) is 102 Å². The minimum absolute atomic E-state index is 0.00151. The standard InChI is InChI=1S/C27H41NO6/c1-17(8-10-25-26(31)27(16-33-27)11-13-32-25)7-9-24-18(2)14-21(19(3)34-24)15-23(30)22-6-5-12-28(22)20(4)29/h7-8,10,18-19,21-22,24-26,31H,5-6,9,11-16H2,1-4H3/b10-8+,17-7+/t18-,19+,21-,22?,24-,25?,26+,27+/m0/s1. The van der Waals surface area contributed by atoms with Crippen molar-refractivity contribution in [1.82, 2.24) is 4.90 Å². The number of rotatable bonds is 7. The second-order valence-corrected chi connectivity index (χ2v) is 10.8. The van der Waals surface area contributed by atoms with E-state index >= 15 is 0 Å². The molecule has 4 rings (SSSR count). The number of likely N-dealkylation sites (tertiary alicyclic amines) is 1. The maximum atomic E-state index is 12.9. The number of carbonyl (C=O) groups is 2. The number of aliphatic hydroxyl groups excluding tert-OH is 1. The van der Waals surface area contributed by atoms with E-state index in [1.807, 2.05) is 12.2 Å². The molecule has 4 aliphatic rings. The fourth-order valence-corrected chi connectivity index (χ4v) is 5.84. The van der Waals surface area contributed by atoms with Gasteiger partial charge >= 0.3 is 0 Å². The first kappa shape index (κ1) is 25.5. The number of ether oxygens (including phenoxy) is 3. The first-order chi connectivity index (χ1) is 16.2. The van der Waals surface area contributed by atoms with Gasteiger partial charge in [0.15, 0.2) is 5.78 Å². The van der Waals surface area contributed by atoms with Gasteiger partial charge in [0.25, 0.3) is 0 Å². The summed E-state index contributed by atoms with van der Waals surface area (Å²) < 4.78 is 17.6. The Balaban J connectivity index is 1.26. The summed E-state index contributed by atoms with van der Waals surface area (Å²) in [5.41, 5.74) is 0.727. The van der Waals surface area contributed by atoms with Crippen LogP contribution >= 0.6 is 0 Å². The van der Waals surface area contributed by atoms with Crippen molar-refractivity contribution in [2.24, 2.45) is 11.8 Å². The highest BCUT2D eigenvalue weighted by molar-refractivity contribution is 5.89. The quantitative estimate of drug-likeness (QED) is 0.449. The Kier molecular flexibility index (Phi) is 7.97. The zero-order valence-corrected chi connectivity index (χ0v) is 21.1. The number of Topliss-reactive ketones (excluding diaryl/α,β-unsaturated/α-hetero) is 1. The Morgan fingerprint density at radius 2 is 2.00 bits per heavy atom. The molecule has 1 spiro atoms. The summed E-state index contributed by atoms with van der Waals surface area (Å²) in [6.45, 7) is 9.80. The molecule has 0 aromatic rings. The molecule has 34 heavy (non-hydrogen) atoms. The van der Waals surface area contributed by atoms with Crippen LogP contribution in [0.25, 0.3) is 0 Å². The lowest BCUT2D eigenvalue weighted by Crippen LogP contribution is -2.46. The Hall–Kier alpha value is -1.54. The third-order valence-electron chi connectivity index (χ3n) is 8.28. The van der Waals surface area contributed by atoms with E-state index in [0.717, 1.165) is 37.7 Å². The maximum Gasteiger partial charge on any atom is 0.220 e. The van der Waals surface area contributed by atoms with Gasteiger partial charge in [-0.05, 0) is 51.4 Å². The molecule has 2 unspecified atom stereocenters. The molecule has 0 aliphatic carbocycles. The summed E-state index contributed by atoms with van der Waals surface area (Å²) in [7, 11) is 0. The van der Waals surface area contributed by atoms with E-state index in [1.165, 1.54) is 0 Å². The molecule has 0 aromatic heterocycles. The number of allylic oxidation sites excluding steroid dienone is 2.